The Morgan fingerprint density at radius 3 is 2.72 bits per heavy atom. The Hall–Kier alpha value is -2.66. The third-order valence-corrected chi connectivity index (χ3v) is 7.33. The molecule has 2 aromatic carbocycles. The van der Waals surface area contributed by atoms with Crippen LogP contribution in [-0.2, 0) is 4.79 Å². The highest BCUT2D eigenvalue weighted by atomic mass is 35.5. The van der Waals surface area contributed by atoms with Crippen LogP contribution in [0.3, 0.4) is 0 Å². The van der Waals surface area contributed by atoms with Crippen molar-refractivity contribution in [3.63, 3.8) is 0 Å². The minimum atomic E-state index is -1.02. The summed E-state index contributed by atoms with van der Waals surface area (Å²) in [5.74, 6) is -0.825. The zero-order valence-corrected chi connectivity index (χ0v) is 20.1. The average molecular weight is 506 g/mol. The lowest BCUT2D eigenvalue weighted by Crippen LogP contribution is -2.22. The Labute approximate surface area is 200 Å². The van der Waals surface area contributed by atoms with Crippen molar-refractivity contribution < 1.29 is 14.6 Å². The monoisotopic (exact) mass is 505 g/mol. The van der Waals surface area contributed by atoms with E-state index in [1.807, 2.05) is 13.0 Å². The number of methoxy groups -OCH3 is 1. The maximum Gasteiger partial charge on any atom is 0.313 e. The number of para-hydroxylation sites is 2. The number of ether oxygens (including phenoxy) is 1. The molecule has 32 heavy (non-hydrogen) atoms. The van der Waals surface area contributed by atoms with Gasteiger partial charge in [-0.15, -0.1) is 0 Å². The summed E-state index contributed by atoms with van der Waals surface area (Å²) < 4.78 is 9.30. The molecular formula is C21H16ClN3O4S3. The second-order valence-corrected chi connectivity index (χ2v) is 9.67. The van der Waals surface area contributed by atoms with E-state index < -0.39 is 5.97 Å². The fraction of sp³-hybridized carbons (Fsp3) is 0.143. The molecule has 164 valence electrons. The fourth-order valence-corrected chi connectivity index (χ4v) is 5.32. The van der Waals surface area contributed by atoms with Crippen LogP contribution in [0.15, 0.2) is 52.4 Å². The Morgan fingerprint density at radius 1 is 1.28 bits per heavy atom. The van der Waals surface area contributed by atoms with Gasteiger partial charge < -0.3 is 9.84 Å². The van der Waals surface area contributed by atoms with Crippen LogP contribution in [0.4, 0.5) is 0 Å². The van der Waals surface area contributed by atoms with Gasteiger partial charge in [0.05, 0.1) is 18.6 Å². The Morgan fingerprint density at radius 2 is 2.03 bits per heavy atom. The summed E-state index contributed by atoms with van der Waals surface area (Å²) in [5, 5.41) is 10.1. The van der Waals surface area contributed by atoms with E-state index in [1.54, 1.807) is 41.0 Å². The van der Waals surface area contributed by atoms with Gasteiger partial charge in [0.15, 0.2) is 14.8 Å². The molecule has 0 aliphatic rings. The quantitative estimate of drug-likeness (QED) is 0.221. The number of carboxylic acids is 1. The van der Waals surface area contributed by atoms with E-state index in [4.69, 9.17) is 28.6 Å². The van der Waals surface area contributed by atoms with Gasteiger partial charge in [-0.1, -0.05) is 46.8 Å². The van der Waals surface area contributed by atoms with Gasteiger partial charge in [0.2, 0.25) is 0 Å². The largest absolute Gasteiger partial charge is 0.495 e. The summed E-state index contributed by atoms with van der Waals surface area (Å²) in [6.45, 7) is 1.88. The van der Waals surface area contributed by atoms with E-state index in [9.17, 15) is 14.7 Å². The van der Waals surface area contributed by atoms with Crippen molar-refractivity contribution in [1.82, 2.24) is 14.1 Å². The molecule has 0 unspecified atom stereocenters. The molecule has 0 atom stereocenters. The number of benzene rings is 2. The Balaban J connectivity index is 2.05. The van der Waals surface area contributed by atoms with Gasteiger partial charge >= 0.3 is 5.97 Å². The van der Waals surface area contributed by atoms with Gasteiger partial charge in [-0.2, -0.15) is 0 Å². The molecule has 4 rings (SSSR count). The van der Waals surface area contributed by atoms with Crippen molar-refractivity contribution in [2.24, 2.45) is 0 Å². The first-order valence-corrected chi connectivity index (χ1v) is 11.8. The second kappa shape index (κ2) is 9.07. The normalized spacial score (nSPS) is 11.1. The lowest BCUT2D eigenvalue weighted by molar-refractivity contribution is -0.133. The number of halogens is 1. The van der Waals surface area contributed by atoms with Crippen LogP contribution in [-0.4, -0.2) is 38.1 Å². The molecule has 0 aliphatic carbocycles. The molecule has 0 aliphatic heterocycles. The number of thioether (sulfide) groups is 1. The van der Waals surface area contributed by atoms with Crippen molar-refractivity contribution in [2.45, 2.75) is 12.1 Å². The maximum absolute atomic E-state index is 13.6. The van der Waals surface area contributed by atoms with Gasteiger partial charge in [0, 0.05) is 10.7 Å². The van der Waals surface area contributed by atoms with Crippen LogP contribution in [0.25, 0.3) is 21.7 Å². The summed E-state index contributed by atoms with van der Waals surface area (Å²) >= 11 is 13.8. The molecule has 0 fully saturated rings. The highest BCUT2D eigenvalue weighted by Gasteiger charge is 2.21. The third kappa shape index (κ3) is 4.06. The van der Waals surface area contributed by atoms with Crippen LogP contribution < -0.4 is 10.3 Å². The minimum absolute atomic E-state index is 0.224. The molecule has 11 heteroatoms. The average Bonchev–Trinajstić information content (AvgIpc) is 3.10. The summed E-state index contributed by atoms with van der Waals surface area (Å²) in [4.78, 5) is 29.6. The van der Waals surface area contributed by atoms with E-state index in [1.165, 1.54) is 11.7 Å². The first kappa shape index (κ1) is 22.5. The molecule has 7 nitrogen and oxygen atoms in total. The van der Waals surface area contributed by atoms with E-state index in [0.29, 0.717) is 30.8 Å². The van der Waals surface area contributed by atoms with Crippen molar-refractivity contribution >= 4 is 63.2 Å². The van der Waals surface area contributed by atoms with E-state index in [2.05, 4.69) is 4.98 Å². The van der Waals surface area contributed by atoms with Crippen molar-refractivity contribution in [3.8, 4) is 17.1 Å². The van der Waals surface area contributed by atoms with Gasteiger partial charge in [-0.25, -0.2) is 4.98 Å². The van der Waals surface area contributed by atoms with Gasteiger partial charge in [-0.05, 0) is 55.0 Å². The van der Waals surface area contributed by atoms with Crippen LogP contribution in [0.1, 0.15) is 5.56 Å². The zero-order valence-electron chi connectivity index (χ0n) is 16.9. The molecule has 0 spiro atoms. The highest BCUT2D eigenvalue weighted by molar-refractivity contribution is 7.99. The third-order valence-electron chi connectivity index (χ3n) is 4.63. The fourth-order valence-electron chi connectivity index (χ4n) is 3.18. The first-order chi connectivity index (χ1) is 15.3. The topological polar surface area (TPSA) is 86.3 Å². The first-order valence-electron chi connectivity index (χ1n) is 9.25. The second-order valence-electron chi connectivity index (χ2n) is 6.68. The standard InChI is InChI=1S/C21H16ClN3O4S3/c1-11-9-12(7-8-13(11)22)24-18-17(32-21(24)30)19(28)25(20(23-18)31-10-16(26)27)14-5-3-4-6-15(14)29-2/h3-9H,10H2,1-2H3,(H,26,27). The summed E-state index contributed by atoms with van der Waals surface area (Å²) in [5.41, 5.74) is 2.06. The van der Waals surface area contributed by atoms with Crippen LogP contribution >= 0.6 is 46.9 Å². The molecule has 2 heterocycles. The van der Waals surface area contributed by atoms with E-state index in [0.717, 1.165) is 34.3 Å². The van der Waals surface area contributed by atoms with Gasteiger partial charge in [0.25, 0.3) is 5.56 Å². The lowest BCUT2D eigenvalue weighted by atomic mass is 10.2. The molecule has 0 saturated carbocycles. The van der Waals surface area contributed by atoms with E-state index in [-0.39, 0.29) is 16.5 Å². The SMILES string of the molecule is COc1ccccc1-n1c(SCC(=O)O)nc2c(sc(=S)n2-c2ccc(Cl)c(C)c2)c1=O. The Kier molecular flexibility index (Phi) is 6.38. The summed E-state index contributed by atoms with van der Waals surface area (Å²) in [6.07, 6.45) is 0. The predicted octanol–water partition coefficient (Wildman–Crippen LogP) is 5.11. The zero-order chi connectivity index (χ0) is 23.0. The number of nitrogens with zero attached hydrogens (tertiary/aromatic N) is 3. The number of aliphatic carboxylic acids is 1. The van der Waals surface area contributed by atoms with Gasteiger partial charge in [0.1, 0.15) is 10.4 Å². The maximum atomic E-state index is 13.6. The number of hydrogen-bond acceptors (Lipinski definition) is 7. The molecule has 0 bridgehead atoms. The highest BCUT2D eigenvalue weighted by Crippen LogP contribution is 2.31. The van der Waals surface area contributed by atoms with Crippen LogP contribution in [0.5, 0.6) is 5.75 Å². The summed E-state index contributed by atoms with van der Waals surface area (Å²) in [7, 11) is 1.50. The molecule has 0 radical (unpaired) electrons. The van der Waals surface area contributed by atoms with Crippen molar-refractivity contribution in [3.05, 3.63) is 67.4 Å². The number of thiazole rings is 1. The lowest BCUT2D eigenvalue weighted by Gasteiger charge is -2.15. The molecule has 0 saturated heterocycles. The number of carbonyl (C=O) groups is 1. The molecule has 2 aromatic heterocycles. The molecule has 0 amide bonds. The molecular weight excluding hydrogens is 490 g/mol. The predicted molar refractivity (Wildman–Crippen MR) is 130 cm³/mol. The van der Waals surface area contributed by atoms with Crippen molar-refractivity contribution in [1.29, 1.82) is 0 Å². The van der Waals surface area contributed by atoms with E-state index >= 15 is 0 Å². The molecule has 4 aromatic rings. The number of hydrogen-bond donors (Lipinski definition) is 1. The van der Waals surface area contributed by atoms with Crippen LogP contribution in [0.2, 0.25) is 5.02 Å². The van der Waals surface area contributed by atoms with Crippen LogP contribution in [0, 0.1) is 10.9 Å². The summed E-state index contributed by atoms with van der Waals surface area (Å²) in [6, 6.07) is 12.4. The smallest absolute Gasteiger partial charge is 0.313 e. The number of aryl methyl sites for hydroxylation is 1. The van der Waals surface area contributed by atoms with Gasteiger partial charge in [-0.3, -0.25) is 18.7 Å². The Bertz CT molecular complexity index is 1480. The number of carboxylic acid groups (broad SMARTS) is 1. The number of rotatable bonds is 6. The number of fused-ring (bicyclic) bond motifs is 1. The number of aromatic nitrogens is 3. The molecule has 1 N–H and O–H groups in total. The minimum Gasteiger partial charge on any atom is -0.495 e. The van der Waals surface area contributed by atoms with Crippen molar-refractivity contribution in [2.75, 3.05) is 12.9 Å².